The first kappa shape index (κ1) is 14.0. The van der Waals surface area contributed by atoms with Crippen molar-refractivity contribution in [3.63, 3.8) is 0 Å². The topological polar surface area (TPSA) is 40.5 Å². The van der Waals surface area contributed by atoms with Crippen molar-refractivity contribution in [2.75, 3.05) is 0 Å². The molecule has 2 nitrogen and oxygen atoms in total. The Bertz CT molecular complexity index is 325. The highest BCUT2D eigenvalue weighted by Gasteiger charge is 2.30. The van der Waals surface area contributed by atoms with Gasteiger partial charge in [0.1, 0.15) is 5.75 Å². The molecule has 0 radical (unpaired) electrons. The van der Waals surface area contributed by atoms with E-state index in [0.717, 1.165) is 38.5 Å². The molecule has 0 bridgehead atoms. The normalized spacial score (nSPS) is 11.7. The maximum atomic E-state index is 10.8. The van der Waals surface area contributed by atoms with Crippen LogP contribution in [0.3, 0.4) is 0 Å². The van der Waals surface area contributed by atoms with Gasteiger partial charge in [-0.1, -0.05) is 57.7 Å². The highest BCUT2D eigenvalue weighted by Crippen LogP contribution is 2.37. The van der Waals surface area contributed by atoms with Crippen molar-refractivity contribution < 1.29 is 10.2 Å². The maximum absolute atomic E-state index is 10.8. The first-order valence-corrected chi connectivity index (χ1v) is 6.65. The van der Waals surface area contributed by atoms with E-state index in [1.807, 2.05) is 12.1 Å². The Kier molecular flexibility index (Phi) is 5.49. The summed E-state index contributed by atoms with van der Waals surface area (Å²) in [4.78, 5) is 0. The molecule has 0 saturated heterocycles. The number of phenolic OH excluding ortho intramolecular Hbond substituents is 1. The minimum atomic E-state index is -0.864. The largest absolute Gasteiger partial charge is 0.508 e. The van der Waals surface area contributed by atoms with Crippen LogP contribution in [0.4, 0.5) is 0 Å². The molecular weight excluding hydrogens is 212 g/mol. The standard InChI is InChI=1S/C15H24O2/c1-3-5-11-15(17,12-6-4-2)13-9-7-8-10-14(13)16/h7-10,16-17H,3-6,11-12H2,1-2H3. The van der Waals surface area contributed by atoms with Gasteiger partial charge in [-0.2, -0.15) is 0 Å². The number of aliphatic hydroxyl groups is 1. The molecule has 0 saturated carbocycles. The van der Waals surface area contributed by atoms with Gasteiger partial charge in [-0.05, 0) is 18.9 Å². The number of phenols is 1. The third kappa shape index (κ3) is 3.74. The van der Waals surface area contributed by atoms with Gasteiger partial charge in [-0.15, -0.1) is 0 Å². The molecule has 1 rings (SSSR count). The van der Waals surface area contributed by atoms with Crippen LogP contribution in [0.15, 0.2) is 24.3 Å². The summed E-state index contributed by atoms with van der Waals surface area (Å²) in [6, 6.07) is 7.15. The smallest absolute Gasteiger partial charge is 0.121 e. The molecule has 0 atom stereocenters. The quantitative estimate of drug-likeness (QED) is 0.752. The Morgan fingerprint density at radius 3 is 2.00 bits per heavy atom. The van der Waals surface area contributed by atoms with Crippen molar-refractivity contribution in [1.29, 1.82) is 0 Å². The van der Waals surface area contributed by atoms with E-state index in [0.29, 0.717) is 5.56 Å². The summed E-state index contributed by atoms with van der Waals surface area (Å²) in [6.07, 6.45) is 5.52. The molecule has 1 aromatic carbocycles. The monoisotopic (exact) mass is 236 g/mol. The summed E-state index contributed by atoms with van der Waals surface area (Å²) in [6.45, 7) is 4.23. The fourth-order valence-electron chi connectivity index (χ4n) is 2.20. The van der Waals surface area contributed by atoms with Crippen LogP contribution < -0.4 is 0 Å². The van der Waals surface area contributed by atoms with E-state index in [4.69, 9.17) is 0 Å². The van der Waals surface area contributed by atoms with Crippen LogP contribution in [0.25, 0.3) is 0 Å². The Balaban J connectivity index is 2.92. The van der Waals surface area contributed by atoms with Crippen LogP contribution in [0, 0.1) is 0 Å². The summed E-state index contributed by atoms with van der Waals surface area (Å²) in [5, 5.41) is 20.7. The van der Waals surface area contributed by atoms with Gasteiger partial charge in [0.15, 0.2) is 0 Å². The number of hydrogen-bond donors (Lipinski definition) is 2. The third-order valence-corrected chi connectivity index (χ3v) is 3.29. The summed E-state index contributed by atoms with van der Waals surface area (Å²) >= 11 is 0. The lowest BCUT2D eigenvalue weighted by molar-refractivity contribution is 0.0121. The number of aromatic hydroxyl groups is 1. The van der Waals surface area contributed by atoms with Crippen molar-refractivity contribution >= 4 is 0 Å². The fourth-order valence-corrected chi connectivity index (χ4v) is 2.20. The third-order valence-electron chi connectivity index (χ3n) is 3.29. The molecular formula is C15H24O2. The molecule has 0 spiro atoms. The zero-order valence-electron chi connectivity index (χ0n) is 10.9. The SMILES string of the molecule is CCCCC(O)(CCCC)c1ccccc1O. The van der Waals surface area contributed by atoms with E-state index >= 15 is 0 Å². The molecule has 96 valence electrons. The second-order valence-corrected chi connectivity index (χ2v) is 4.76. The Labute approximate surface area is 104 Å². The molecule has 0 unspecified atom stereocenters. The molecule has 17 heavy (non-hydrogen) atoms. The zero-order valence-corrected chi connectivity index (χ0v) is 10.9. The van der Waals surface area contributed by atoms with Crippen LogP contribution in [0.1, 0.15) is 57.9 Å². The number of unbranched alkanes of at least 4 members (excludes halogenated alkanes) is 2. The van der Waals surface area contributed by atoms with Gasteiger partial charge in [0.05, 0.1) is 5.60 Å². The number of hydrogen-bond acceptors (Lipinski definition) is 2. The predicted octanol–water partition coefficient (Wildman–Crippen LogP) is 3.96. The lowest BCUT2D eigenvalue weighted by atomic mass is 9.83. The molecule has 0 aliphatic rings. The van der Waals surface area contributed by atoms with Crippen molar-refractivity contribution in [1.82, 2.24) is 0 Å². The molecule has 0 fully saturated rings. The molecule has 0 heterocycles. The van der Waals surface area contributed by atoms with Gasteiger partial charge in [0.2, 0.25) is 0 Å². The summed E-state index contributed by atoms with van der Waals surface area (Å²) < 4.78 is 0. The lowest BCUT2D eigenvalue weighted by Crippen LogP contribution is -2.25. The van der Waals surface area contributed by atoms with E-state index < -0.39 is 5.60 Å². The average molecular weight is 236 g/mol. The summed E-state index contributed by atoms with van der Waals surface area (Å²) in [7, 11) is 0. The highest BCUT2D eigenvalue weighted by atomic mass is 16.3. The van der Waals surface area contributed by atoms with Gasteiger partial charge in [-0.25, -0.2) is 0 Å². The second kappa shape index (κ2) is 6.65. The van der Waals surface area contributed by atoms with E-state index in [2.05, 4.69) is 13.8 Å². The Morgan fingerprint density at radius 2 is 1.53 bits per heavy atom. The van der Waals surface area contributed by atoms with Crippen molar-refractivity contribution in [3.8, 4) is 5.75 Å². The van der Waals surface area contributed by atoms with Crippen molar-refractivity contribution in [2.45, 2.75) is 58.0 Å². The zero-order chi connectivity index (χ0) is 12.7. The number of para-hydroxylation sites is 1. The molecule has 0 aromatic heterocycles. The van der Waals surface area contributed by atoms with Gasteiger partial charge >= 0.3 is 0 Å². The fraction of sp³-hybridized carbons (Fsp3) is 0.600. The Hall–Kier alpha value is -1.02. The van der Waals surface area contributed by atoms with Gasteiger partial charge in [0, 0.05) is 5.56 Å². The highest BCUT2D eigenvalue weighted by molar-refractivity contribution is 5.36. The van der Waals surface area contributed by atoms with E-state index in [9.17, 15) is 10.2 Å². The van der Waals surface area contributed by atoms with E-state index in [1.54, 1.807) is 12.1 Å². The molecule has 0 amide bonds. The first-order valence-electron chi connectivity index (χ1n) is 6.65. The van der Waals surface area contributed by atoms with Gasteiger partial charge < -0.3 is 10.2 Å². The molecule has 1 aromatic rings. The molecule has 2 heteroatoms. The van der Waals surface area contributed by atoms with E-state index in [-0.39, 0.29) is 5.75 Å². The average Bonchev–Trinajstić information content (AvgIpc) is 2.34. The first-order chi connectivity index (χ1) is 8.14. The predicted molar refractivity (Wildman–Crippen MR) is 71.1 cm³/mol. The van der Waals surface area contributed by atoms with E-state index in [1.165, 1.54) is 0 Å². The minimum absolute atomic E-state index is 0.210. The summed E-state index contributed by atoms with van der Waals surface area (Å²) in [5.74, 6) is 0.210. The van der Waals surface area contributed by atoms with Crippen molar-refractivity contribution in [2.24, 2.45) is 0 Å². The summed E-state index contributed by atoms with van der Waals surface area (Å²) in [5.41, 5.74) is -0.181. The molecule has 0 aliphatic heterocycles. The van der Waals surface area contributed by atoms with Crippen LogP contribution in [-0.2, 0) is 5.60 Å². The van der Waals surface area contributed by atoms with Crippen LogP contribution >= 0.6 is 0 Å². The van der Waals surface area contributed by atoms with Crippen LogP contribution in [0.2, 0.25) is 0 Å². The molecule has 2 N–H and O–H groups in total. The Morgan fingerprint density at radius 1 is 1.00 bits per heavy atom. The maximum Gasteiger partial charge on any atom is 0.121 e. The number of rotatable bonds is 7. The van der Waals surface area contributed by atoms with Gasteiger partial charge in [0.25, 0.3) is 0 Å². The van der Waals surface area contributed by atoms with Crippen LogP contribution in [-0.4, -0.2) is 10.2 Å². The van der Waals surface area contributed by atoms with Crippen molar-refractivity contribution in [3.05, 3.63) is 29.8 Å². The molecule has 0 aliphatic carbocycles. The number of benzene rings is 1. The second-order valence-electron chi connectivity index (χ2n) is 4.76. The van der Waals surface area contributed by atoms with Gasteiger partial charge in [-0.3, -0.25) is 0 Å². The van der Waals surface area contributed by atoms with Crippen LogP contribution in [0.5, 0.6) is 5.75 Å². The lowest BCUT2D eigenvalue weighted by Gasteiger charge is -2.29. The minimum Gasteiger partial charge on any atom is -0.508 e.